The number of nitrogens with zero attached hydrogens (tertiary/aromatic N) is 3. The van der Waals surface area contributed by atoms with Gasteiger partial charge in [-0.1, -0.05) is 5.16 Å². The van der Waals surface area contributed by atoms with Gasteiger partial charge in [-0.3, -0.25) is 5.10 Å². The maximum atomic E-state index is 5.15. The quantitative estimate of drug-likeness (QED) is 0.760. The minimum Gasteiger partial charge on any atom is -0.332 e. The first-order valence-electron chi connectivity index (χ1n) is 5.00. The van der Waals surface area contributed by atoms with Crippen LogP contribution in [0.15, 0.2) is 16.8 Å². The summed E-state index contributed by atoms with van der Waals surface area (Å²) in [6, 6.07) is 2.05. The molecule has 1 atom stereocenters. The lowest BCUT2D eigenvalue weighted by molar-refractivity contribution is 0.411. The Kier molecular flexibility index (Phi) is 1.99. The van der Waals surface area contributed by atoms with Gasteiger partial charge >= 0.3 is 0 Å². The summed E-state index contributed by atoms with van der Waals surface area (Å²) in [5, 5.41) is 13.9. The van der Waals surface area contributed by atoms with E-state index in [9.17, 15) is 0 Å². The van der Waals surface area contributed by atoms with Gasteiger partial charge in [-0.25, -0.2) is 0 Å². The molecule has 0 saturated carbocycles. The molecule has 0 amide bonds. The Morgan fingerprint density at radius 3 is 3.20 bits per heavy atom. The second-order valence-electron chi connectivity index (χ2n) is 3.58. The zero-order valence-electron chi connectivity index (χ0n) is 8.10. The van der Waals surface area contributed by atoms with E-state index in [-0.39, 0.29) is 6.04 Å². The van der Waals surface area contributed by atoms with E-state index in [0.717, 1.165) is 24.5 Å². The molecule has 1 saturated heterocycles. The van der Waals surface area contributed by atoms with Crippen LogP contribution in [-0.2, 0) is 0 Å². The minimum absolute atomic E-state index is 0.241. The molecule has 0 aliphatic carbocycles. The van der Waals surface area contributed by atoms with Crippen molar-refractivity contribution in [2.75, 3.05) is 6.54 Å². The van der Waals surface area contributed by atoms with E-state index < -0.39 is 0 Å². The van der Waals surface area contributed by atoms with Crippen LogP contribution in [0.4, 0.5) is 0 Å². The van der Waals surface area contributed by atoms with Gasteiger partial charge in [0.2, 0.25) is 0 Å². The van der Waals surface area contributed by atoms with E-state index in [1.54, 1.807) is 12.3 Å². The third kappa shape index (κ3) is 1.52. The van der Waals surface area contributed by atoms with Crippen molar-refractivity contribution in [3.8, 4) is 11.6 Å². The van der Waals surface area contributed by atoms with E-state index >= 15 is 0 Å². The van der Waals surface area contributed by atoms with Crippen molar-refractivity contribution in [3.05, 3.63) is 18.1 Å². The van der Waals surface area contributed by atoms with Crippen LogP contribution < -0.4 is 5.32 Å². The second-order valence-corrected chi connectivity index (χ2v) is 3.58. The summed E-state index contributed by atoms with van der Waals surface area (Å²) in [4.78, 5) is 4.32. The van der Waals surface area contributed by atoms with Crippen LogP contribution in [0, 0.1) is 0 Å². The first-order valence-corrected chi connectivity index (χ1v) is 5.00. The average Bonchev–Trinajstić information content (AvgIpc) is 3.02. The number of aromatic nitrogens is 4. The SMILES string of the molecule is c1cc(-c2nc([C@@H]3CCCN3)no2)[nH]n1. The van der Waals surface area contributed by atoms with Crippen molar-refractivity contribution in [2.24, 2.45) is 0 Å². The van der Waals surface area contributed by atoms with Crippen molar-refractivity contribution >= 4 is 0 Å². The third-order valence-corrected chi connectivity index (χ3v) is 2.54. The molecule has 0 radical (unpaired) electrons. The largest absolute Gasteiger partial charge is 0.332 e. The zero-order chi connectivity index (χ0) is 10.1. The third-order valence-electron chi connectivity index (χ3n) is 2.54. The number of hydrogen-bond acceptors (Lipinski definition) is 5. The lowest BCUT2D eigenvalue weighted by atomic mass is 10.2. The standard InChI is InChI=1S/C9H11N5O/c1-2-6(10-4-1)8-12-9(15-14-8)7-3-5-11-13-7/h3,5-6,10H,1-2,4H2,(H,11,13)/t6-/m0/s1. The number of rotatable bonds is 2. The molecule has 6 heteroatoms. The molecule has 0 unspecified atom stereocenters. The summed E-state index contributed by atoms with van der Waals surface area (Å²) in [5.74, 6) is 1.23. The monoisotopic (exact) mass is 205 g/mol. The topological polar surface area (TPSA) is 79.6 Å². The molecule has 6 nitrogen and oxygen atoms in total. The number of hydrogen-bond donors (Lipinski definition) is 2. The Labute approximate surface area is 86.1 Å². The Balaban J connectivity index is 1.87. The fraction of sp³-hybridized carbons (Fsp3) is 0.444. The Morgan fingerprint density at radius 2 is 2.47 bits per heavy atom. The fourth-order valence-corrected chi connectivity index (χ4v) is 1.77. The molecule has 1 aliphatic rings. The Morgan fingerprint density at radius 1 is 1.47 bits per heavy atom. The van der Waals surface area contributed by atoms with Crippen LogP contribution in [0.3, 0.4) is 0 Å². The molecule has 1 fully saturated rings. The van der Waals surface area contributed by atoms with Crippen LogP contribution in [0.1, 0.15) is 24.7 Å². The molecule has 0 spiro atoms. The highest BCUT2D eigenvalue weighted by atomic mass is 16.5. The Hall–Kier alpha value is -1.69. The smallest absolute Gasteiger partial charge is 0.275 e. The number of aromatic amines is 1. The lowest BCUT2D eigenvalue weighted by Gasteiger charge is -2.01. The van der Waals surface area contributed by atoms with Gasteiger partial charge in [0.05, 0.1) is 6.04 Å². The predicted octanol–water partition coefficient (Wildman–Crippen LogP) is 0.884. The van der Waals surface area contributed by atoms with Gasteiger partial charge < -0.3 is 9.84 Å². The van der Waals surface area contributed by atoms with Crippen LogP contribution in [0.2, 0.25) is 0 Å². The molecule has 78 valence electrons. The van der Waals surface area contributed by atoms with Crippen molar-refractivity contribution in [1.82, 2.24) is 25.7 Å². The molecular weight excluding hydrogens is 194 g/mol. The van der Waals surface area contributed by atoms with Gasteiger partial charge in [0.1, 0.15) is 5.69 Å². The highest BCUT2D eigenvalue weighted by Crippen LogP contribution is 2.22. The van der Waals surface area contributed by atoms with E-state index in [4.69, 9.17) is 4.52 Å². The summed E-state index contributed by atoms with van der Waals surface area (Å²) in [5.41, 5.74) is 0.756. The second kappa shape index (κ2) is 3.47. The summed E-state index contributed by atoms with van der Waals surface area (Å²) in [7, 11) is 0. The van der Waals surface area contributed by atoms with E-state index in [2.05, 4.69) is 25.7 Å². The lowest BCUT2D eigenvalue weighted by Crippen LogP contribution is -2.14. The summed E-state index contributed by atoms with van der Waals surface area (Å²) in [6.07, 6.45) is 3.90. The minimum atomic E-state index is 0.241. The molecule has 3 rings (SSSR count). The average molecular weight is 205 g/mol. The maximum Gasteiger partial charge on any atom is 0.275 e. The van der Waals surface area contributed by atoms with Gasteiger partial charge in [-0.05, 0) is 25.5 Å². The van der Waals surface area contributed by atoms with Gasteiger partial charge in [0, 0.05) is 6.20 Å². The summed E-state index contributed by atoms with van der Waals surface area (Å²) in [6.45, 7) is 1.03. The number of nitrogens with one attached hydrogen (secondary N) is 2. The van der Waals surface area contributed by atoms with Crippen LogP contribution in [-0.4, -0.2) is 26.9 Å². The van der Waals surface area contributed by atoms with E-state index in [1.165, 1.54) is 6.42 Å². The number of H-pyrrole nitrogens is 1. The van der Waals surface area contributed by atoms with Gasteiger partial charge in [-0.2, -0.15) is 10.1 Å². The molecule has 15 heavy (non-hydrogen) atoms. The molecule has 0 bridgehead atoms. The normalized spacial score (nSPS) is 20.9. The first kappa shape index (κ1) is 8.60. The highest BCUT2D eigenvalue weighted by Gasteiger charge is 2.22. The maximum absolute atomic E-state index is 5.15. The van der Waals surface area contributed by atoms with Crippen molar-refractivity contribution < 1.29 is 4.52 Å². The summed E-state index contributed by atoms with van der Waals surface area (Å²) < 4.78 is 5.15. The molecule has 3 heterocycles. The Bertz CT molecular complexity index is 429. The van der Waals surface area contributed by atoms with Gasteiger partial charge in [-0.15, -0.1) is 0 Å². The van der Waals surface area contributed by atoms with Crippen molar-refractivity contribution in [3.63, 3.8) is 0 Å². The van der Waals surface area contributed by atoms with Crippen molar-refractivity contribution in [1.29, 1.82) is 0 Å². The van der Waals surface area contributed by atoms with Crippen LogP contribution in [0.5, 0.6) is 0 Å². The highest BCUT2D eigenvalue weighted by molar-refractivity contribution is 5.44. The van der Waals surface area contributed by atoms with Gasteiger partial charge in [0.15, 0.2) is 5.82 Å². The summed E-state index contributed by atoms with van der Waals surface area (Å²) >= 11 is 0. The first-order chi connectivity index (χ1) is 7.43. The van der Waals surface area contributed by atoms with Crippen LogP contribution in [0.25, 0.3) is 11.6 Å². The van der Waals surface area contributed by atoms with E-state index in [0.29, 0.717) is 5.89 Å². The molecule has 0 aromatic carbocycles. The van der Waals surface area contributed by atoms with Crippen LogP contribution >= 0.6 is 0 Å². The van der Waals surface area contributed by atoms with Gasteiger partial charge in [0.25, 0.3) is 5.89 Å². The molecular formula is C9H11N5O. The van der Waals surface area contributed by atoms with Crippen molar-refractivity contribution in [2.45, 2.75) is 18.9 Å². The fourth-order valence-electron chi connectivity index (χ4n) is 1.77. The molecule has 2 aromatic rings. The van der Waals surface area contributed by atoms with E-state index in [1.807, 2.05) is 0 Å². The molecule has 2 N–H and O–H groups in total. The predicted molar refractivity (Wildman–Crippen MR) is 51.9 cm³/mol. The molecule has 1 aliphatic heterocycles. The zero-order valence-corrected chi connectivity index (χ0v) is 8.10. The molecule has 2 aromatic heterocycles.